The summed E-state index contributed by atoms with van der Waals surface area (Å²) >= 11 is 4.79. The second-order valence-electron chi connectivity index (χ2n) is 2.75. The number of rotatable bonds is 1. The minimum atomic E-state index is -1.51. The molecule has 0 atom stereocenters. The molecule has 0 radical (unpaired) electrons. The van der Waals surface area contributed by atoms with Gasteiger partial charge in [0, 0.05) is 12.1 Å². The zero-order valence-electron chi connectivity index (χ0n) is 7.17. The highest BCUT2D eigenvalue weighted by Crippen LogP contribution is 2.16. The Labute approximate surface area is 87.2 Å². The first-order valence-electron chi connectivity index (χ1n) is 3.86. The summed E-state index contributed by atoms with van der Waals surface area (Å²) in [5.74, 6) is -4.05. The van der Waals surface area contributed by atoms with Crippen LogP contribution in [0.15, 0.2) is 18.5 Å². The molecule has 1 N–H and O–H groups in total. The first-order chi connectivity index (χ1) is 7.09. The normalized spacial score (nSPS) is 10.6. The first-order valence-corrected chi connectivity index (χ1v) is 4.27. The molecule has 0 aliphatic rings. The number of hydrogen-bond donors (Lipinski definition) is 1. The summed E-state index contributed by atoms with van der Waals surface area (Å²) in [7, 11) is 0. The number of halogens is 3. The summed E-state index contributed by atoms with van der Waals surface area (Å²) < 4.78 is 39.8. The number of hydrogen-bond acceptors (Lipinski definition) is 2. The lowest BCUT2D eigenvalue weighted by molar-refractivity contribution is 0.446. The van der Waals surface area contributed by atoms with Gasteiger partial charge in [-0.1, -0.05) is 0 Å². The third-order valence-electron chi connectivity index (χ3n) is 1.80. The van der Waals surface area contributed by atoms with E-state index in [9.17, 15) is 13.2 Å². The van der Waals surface area contributed by atoms with Crippen LogP contribution < -0.4 is 0 Å². The van der Waals surface area contributed by atoms with Gasteiger partial charge in [0.05, 0.1) is 5.69 Å². The Morgan fingerprint density at radius 1 is 1.20 bits per heavy atom. The van der Waals surface area contributed by atoms with E-state index in [-0.39, 0.29) is 10.5 Å². The maximum absolute atomic E-state index is 12.9. The van der Waals surface area contributed by atoms with Gasteiger partial charge in [-0.2, -0.15) is 5.10 Å². The van der Waals surface area contributed by atoms with Crippen molar-refractivity contribution in [3.8, 4) is 5.69 Å². The number of aromatic nitrogens is 3. The average molecular weight is 231 g/mol. The summed E-state index contributed by atoms with van der Waals surface area (Å²) in [6, 6.07) is 1.67. The molecular weight excluding hydrogens is 227 g/mol. The summed E-state index contributed by atoms with van der Waals surface area (Å²) in [6.07, 6.45) is 1.24. The van der Waals surface area contributed by atoms with E-state index in [0.29, 0.717) is 0 Å². The van der Waals surface area contributed by atoms with E-state index in [4.69, 9.17) is 12.2 Å². The Kier molecular flexibility index (Phi) is 2.31. The Morgan fingerprint density at radius 2 is 1.80 bits per heavy atom. The van der Waals surface area contributed by atoms with E-state index in [0.717, 1.165) is 12.1 Å². The van der Waals surface area contributed by atoms with Crippen molar-refractivity contribution in [2.45, 2.75) is 0 Å². The summed E-state index contributed by atoms with van der Waals surface area (Å²) in [5, 5.41) is 5.98. The molecule has 1 aromatic heterocycles. The molecule has 3 nitrogen and oxygen atoms in total. The van der Waals surface area contributed by atoms with E-state index in [1.165, 1.54) is 10.9 Å². The number of H-pyrrole nitrogens is 1. The highest BCUT2D eigenvalue weighted by atomic mass is 32.1. The minimum Gasteiger partial charge on any atom is -0.275 e. The van der Waals surface area contributed by atoms with Crippen LogP contribution in [0, 0.1) is 22.2 Å². The fraction of sp³-hybridized carbons (Fsp3) is 0. The van der Waals surface area contributed by atoms with E-state index < -0.39 is 17.5 Å². The van der Waals surface area contributed by atoms with Gasteiger partial charge in [0.1, 0.15) is 6.33 Å². The molecule has 0 aliphatic heterocycles. The van der Waals surface area contributed by atoms with Crippen LogP contribution in [0.25, 0.3) is 5.69 Å². The third-order valence-corrected chi connectivity index (χ3v) is 2.09. The minimum absolute atomic E-state index is 0.0742. The van der Waals surface area contributed by atoms with Gasteiger partial charge in [-0.3, -0.25) is 9.67 Å². The lowest BCUT2D eigenvalue weighted by atomic mass is 10.3. The van der Waals surface area contributed by atoms with Gasteiger partial charge in [-0.15, -0.1) is 0 Å². The van der Waals surface area contributed by atoms with Crippen LogP contribution in [-0.2, 0) is 0 Å². The zero-order chi connectivity index (χ0) is 11.0. The molecule has 2 rings (SSSR count). The Morgan fingerprint density at radius 3 is 2.27 bits per heavy atom. The molecule has 0 spiro atoms. The summed E-state index contributed by atoms with van der Waals surface area (Å²) in [5.41, 5.74) is 0.0742. The topological polar surface area (TPSA) is 33.6 Å². The Bertz CT molecular complexity index is 537. The Balaban J connectivity index is 2.66. The van der Waals surface area contributed by atoms with Crippen LogP contribution in [0.1, 0.15) is 0 Å². The van der Waals surface area contributed by atoms with Gasteiger partial charge in [0.2, 0.25) is 0 Å². The molecule has 15 heavy (non-hydrogen) atoms. The highest BCUT2D eigenvalue weighted by Gasteiger charge is 2.11. The van der Waals surface area contributed by atoms with Crippen molar-refractivity contribution >= 4 is 12.2 Å². The van der Waals surface area contributed by atoms with Gasteiger partial charge >= 0.3 is 0 Å². The van der Waals surface area contributed by atoms with Crippen LogP contribution in [0.2, 0.25) is 0 Å². The lowest BCUT2D eigenvalue weighted by Crippen LogP contribution is -1.98. The van der Waals surface area contributed by atoms with Crippen molar-refractivity contribution in [3.63, 3.8) is 0 Å². The fourth-order valence-corrected chi connectivity index (χ4v) is 1.32. The van der Waals surface area contributed by atoms with Gasteiger partial charge in [0.25, 0.3) is 0 Å². The van der Waals surface area contributed by atoms with Gasteiger partial charge in [0.15, 0.2) is 22.2 Å². The highest BCUT2D eigenvalue weighted by molar-refractivity contribution is 7.71. The fourth-order valence-electron chi connectivity index (χ4n) is 1.11. The lowest BCUT2D eigenvalue weighted by Gasteiger charge is -2.02. The predicted molar refractivity (Wildman–Crippen MR) is 48.6 cm³/mol. The molecular formula is C8H4F3N3S. The Hall–Kier alpha value is -1.63. The molecule has 0 unspecified atom stereocenters. The molecule has 0 fully saturated rings. The quantitative estimate of drug-likeness (QED) is 0.603. The van der Waals surface area contributed by atoms with Crippen LogP contribution in [0.4, 0.5) is 13.2 Å². The van der Waals surface area contributed by atoms with Gasteiger partial charge in [-0.25, -0.2) is 13.2 Å². The maximum atomic E-state index is 12.9. The molecule has 0 saturated carbocycles. The maximum Gasteiger partial charge on any atom is 0.199 e. The molecule has 1 heterocycles. The predicted octanol–water partition coefficient (Wildman–Crippen LogP) is 2.35. The van der Waals surface area contributed by atoms with Crippen molar-refractivity contribution < 1.29 is 13.2 Å². The van der Waals surface area contributed by atoms with Gasteiger partial charge < -0.3 is 0 Å². The number of nitrogens with one attached hydrogen (secondary N) is 1. The summed E-state index contributed by atoms with van der Waals surface area (Å²) in [4.78, 5) is 0. The third kappa shape index (κ3) is 1.65. The smallest absolute Gasteiger partial charge is 0.199 e. The number of benzene rings is 1. The average Bonchev–Trinajstić information content (AvgIpc) is 2.60. The molecule has 0 saturated heterocycles. The van der Waals surface area contributed by atoms with Crippen LogP contribution in [0.5, 0.6) is 0 Å². The van der Waals surface area contributed by atoms with E-state index in [1.807, 2.05) is 0 Å². The standard InChI is InChI=1S/C8H4F3N3S/c9-5-1-4(2-6(10)7(5)11)14-3-12-13-8(14)15/h1-3H,(H,13,15). The van der Waals surface area contributed by atoms with Crippen LogP contribution in [-0.4, -0.2) is 14.8 Å². The molecule has 78 valence electrons. The number of nitrogens with zero attached hydrogens (tertiary/aromatic N) is 2. The largest absolute Gasteiger partial charge is 0.275 e. The number of aromatic amines is 1. The monoisotopic (exact) mass is 231 g/mol. The van der Waals surface area contributed by atoms with Crippen LogP contribution >= 0.6 is 12.2 Å². The molecule has 7 heteroatoms. The summed E-state index contributed by atoms with van der Waals surface area (Å²) in [6.45, 7) is 0. The van der Waals surface area contributed by atoms with Crippen molar-refractivity contribution in [2.24, 2.45) is 0 Å². The molecule has 0 aliphatic carbocycles. The van der Waals surface area contributed by atoms with E-state index >= 15 is 0 Å². The molecule has 0 bridgehead atoms. The van der Waals surface area contributed by atoms with E-state index in [1.54, 1.807) is 0 Å². The SMILES string of the molecule is Fc1cc(-n2cn[nH]c2=S)cc(F)c1F. The van der Waals surface area contributed by atoms with Crippen molar-refractivity contribution in [2.75, 3.05) is 0 Å². The second-order valence-corrected chi connectivity index (χ2v) is 3.14. The van der Waals surface area contributed by atoms with E-state index in [2.05, 4.69) is 10.2 Å². The molecule has 0 amide bonds. The van der Waals surface area contributed by atoms with Gasteiger partial charge in [-0.05, 0) is 12.2 Å². The molecule has 2 aromatic rings. The van der Waals surface area contributed by atoms with Crippen molar-refractivity contribution in [1.29, 1.82) is 0 Å². The molecule has 1 aromatic carbocycles. The van der Waals surface area contributed by atoms with Crippen molar-refractivity contribution in [1.82, 2.24) is 14.8 Å². The van der Waals surface area contributed by atoms with Crippen molar-refractivity contribution in [3.05, 3.63) is 40.7 Å². The zero-order valence-corrected chi connectivity index (χ0v) is 7.99. The van der Waals surface area contributed by atoms with Crippen LogP contribution in [0.3, 0.4) is 0 Å². The first kappa shape index (κ1) is 9.91. The second kappa shape index (κ2) is 3.50.